The lowest BCUT2D eigenvalue weighted by atomic mass is 9.74. The van der Waals surface area contributed by atoms with Gasteiger partial charge in [0.25, 0.3) is 0 Å². The van der Waals surface area contributed by atoms with Gasteiger partial charge in [-0.15, -0.1) is 0 Å². The van der Waals surface area contributed by atoms with Gasteiger partial charge in [-0.1, -0.05) is 34.1 Å². The van der Waals surface area contributed by atoms with Crippen molar-refractivity contribution in [2.75, 3.05) is 0 Å². The Hall–Kier alpha value is -0.0800. The maximum atomic E-state index is 9.91. The summed E-state index contributed by atoms with van der Waals surface area (Å²) in [5, 5.41) is 19.7. The Labute approximate surface area is 82.0 Å². The molecular formula is C11H24O2. The molecule has 0 aliphatic carbocycles. The van der Waals surface area contributed by atoms with Crippen LogP contribution < -0.4 is 0 Å². The Balaban J connectivity index is 4.41. The maximum Gasteiger partial charge on any atom is 0.0618 e. The van der Waals surface area contributed by atoms with E-state index in [0.29, 0.717) is 6.42 Å². The standard InChI is InChI=1S/C11H24O2/c1-5-8-10(13)11(4,7-3)9(12)6-2/h9-10,12-13H,5-8H2,1-4H3. The summed E-state index contributed by atoms with van der Waals surface area (Å²) in [7, 11) is 0. The second kappa shape index (κ2) is 5.61. The molecule has 2 heteroatoms. The van der Waals surface area contributed by atoms with E-state index in [1.54, 1.807) is 0 Å². The molecule has 0 spiro atoms. The summed E-state index contributed by atoms with van der Waals surface area (Å²) in [5.41, 5.74) is -0.329. The van der Waals surface area contributed by atoms with E-state index in [0.717, 1.165) is 19.3 Å². The van der Waals surface area contributed by atoms with E-state index >= 15 is 0 Å². The van der Waals surface area contributed by atoms with Gasteiger partial charge in [-0.2, -0.15) is 0 Å². The highest BCUT2D eigenvalue weighted by atomic mass is 16.3. The molecule has 0 amide bonds. The summed E-state index contributed by atoms with van der Waals surface area (Å²) in [5.74, 6) is 0. The zero-order chi connectivity index (χ0) is 10.5. The zero-order valence-electron chi connectivity index (χ0n) is 9.38. The molecule has 0 radical (unpaired) electrons. The first kappa shape index (κ1) is 12.9. The molecule has 13 heavy (non-hydrogen) atoms. The predicted molar refractivity (Wildman–Crippen MR) is 55.6 cm³/mol. The van der Waals surface area contributed by atoms with Crippen molar-refractivity contribution in [1.29, 1.82) is 0 Å². The first-order valence-corrected chi connectivity index (χ1v) is 5.39. The Morgan fingerprint density at radius 2 is 1.62 bits per heavy atom. The average Bonchev–Trinajstić information content (AvgIpc) is 2.15. The lowest BCUT2D eigenvalue weighted by Gasteiger charge is -2.37. The van der Waals surface area contributed by atoms with Crippen molar-refractivity contribution < 1.29 is 10.2 Å². The minimum absolute atomic E-state index is 0.329. The highest BCUT2D eigenvalue weighted by molar-refractivity contribution is 4.86. The molecule has 2 N–H and O–H groups in total. The fourth-order valence-electron chi connectivity index (χ4n) is 1.76. The number of hydrogen-bond donors (Lipinski definition) is 2. The molecule has 0 bridgehead atoms. The first-order chi connectivity index (χ1) is 6.02. The molecule has 0 aliphatic rings. The molecule has 0 aromatic rings. The van der Waals surface area contributed by atoms with E-state index in [-0.39, 0.29) is 17.6 Å². The maximum absolute atomic E-state index is 9.91. The summed E-state index contributed by atoms with van der Waals surface area (Å²) in [6, 6.07) is 0. The molecule has 0 aromatic heterocycles. The molecule has 0 saturated carbocycles. The van der Waals surface area contributed by atoms with Crippen molar-refractivity contribution in [2.45, 2.75) is 65.6 Å². The largest absolute Gasteiger partial charge is 0.392 e. The minimum Gasteiger partial charge on any atom is -0.392 e. The van der Waals surface area contributed by atoms with Crippen molar-refractivity contribution in [3.05, 3.63) is 0 Å². The van der Waals surface area contributed by atoms with Crippen LogP contribution in [-0.4, -0.2) is 22.4 Å². The molecule has 80 valence electrons. The summed E-state index contributed by atoms with van der Waals surface area (Å²) in [4.78, 5) is 0. The molecule has 3 atom stereocenters. The van der Waals surface area contributed by atoms with Crippen LogP contribution in [0.4, 0.5) is 0 Å². The molecule has 2 nitrogen and oxygen atoms in total. The van der Waals surface area contributed by atoms with Crippen LogP contribution in [0.3, 0.4) is 0 Å². The van der Waals surface area contributed by atoms with Gasteiger partial charge < -0.3 is 10.2 Å². The first-order valence-electron chi connectivity index (χ1n) is 5.39. The SMILES string of the molecule is CCCC(O)C(C)(CC)C(O)CC. The third-order valence-corrected chi connectivity index (χ3v) is 3.23. The van der Waals surface area contributed by atoms with Crippen molar-refractivity contribution in [3.8, 4) is 0 Å². The van der Waals surface area contributed by atoms with Gasteiger partial charge in [0.05, 0.1) is 12.2 Å². The Kier molecular flexibility index (Phi) is 5.57. The predicted octanol–water partition coefficient (Wildman–Crippen LogP) is 2.33. The van der Waals surface area contributed by atoms with Gasteiger partial charge >= 0.3 is 0 Å². The lowest BCUT2D eigenvalue weighted by Crippen LogP contribution is -2.42. The summed E-state index contributed by atoms with van der Waals surface area (Å²) >= 11 is 0. The van der Waals surface area contributed by atoms with E-state index < -0.39 is 0 Å². The van der Waals surface area contributed by atoms with E-state index in [4.69, 9.17) is 0 Å². The average molecular weight is 188 g/mol. The van der Waals surface area contributed by atoms with Gasteiger partial charge in [-0.25, -0.2) is 0 Å². The fourth-order valence-corrected chi connectivity index (χ4v) is 1.76. The van der Waals surface area contributed by atoms with Crippen LogP contribution in [0.5, 0.6) is 0 Å². The van der Waals surface area contributed by atoms with Crippen LogP contribution in [0, 0.1) is 5.41 Å². The second-order valence-electron chi connectivity index (χ2n) is 4.09. The summed E-state index contributed by atoms with van der Waals surface area (Å²) in [6.07, 6.45) is 2.51. The topological polar surface area (TPSA) is 40.5 Å². The molecule has 0 saturated heterocycles. The van der Waals surface area contributed by atoms with Gasteiger partial charge in [0.1, 0.15) is 0 Å². The van der Waals surface area contributed by atoms with Crippen LogP contribution in [0.2, 0.25) is 0 Å². The van der Waals surface area contributed by atoms with Gasteiger partial charge in [0.15, 0.2) is 0 Å². The van der Waals surface area contributed by atoms with Crippen molar-refractivity contribution in [1.82, 2.24) is 0 Å². The molecule has 0 heterocycles. The smallest absolute Gasteiger partial charge is 0.0618 e. The quantitative estimate of drug-likeness (QED) is 0.671. The van der Waals surface area contributed by atoms with Gasteiger partial charge in [-0.05, 0) is 19.3 Å². The van der Waals surface area contributed by atoms with Crippen LogP contribution in [0.1, 0.15) is 53.4 Å². The van der Waals surface area contributed by atoms with E-state index in [1.165, 1.54) is 0 Å². The molecular weight excluding hydrogens is 164 g/mol. The van der Waals surface area contributed by atoms with Gasteiger partial charge in [-0.3, -0.25) is 0 Å². The van der Waals surface area contributed by atoms with E-state index in [9.17, 15) is 10.2 Å². The Bertz CT molecular complexity index is 136. The lowest BCUT2D eigenvalue weighted by molar-refractivity contribution is -0.0661. The van der Waals surface area contributed by atoms with Crippen molar-refractivity contribution in [2.24, 2.45) is 5.41 Å². The molecule has 0 aromatic carbocycles. The molecule has 0 aliphatic heterocycles. The van der Waals surface area contributed by atoms with Crippen LogP contribution in [0.15, 0.2) is 0 Å². The molecule has 3 unspecified atom stereocenters. The zero-order valence-corrected chi connectivity index (χ0v) is 9.38. The number of rotatable bonds is 6. The van der Waals surface area contributed by atoms with E-state index in [2.05, 4.69) is 6.92 Å². The molecule has 0 fully saturated rings. The van der Waals surface area contributed by atoms with Crippen LogP contribution in [-0.2, 0) is 0 Å². The normalized spacial score (nSPS) is 20.8. The number of aliphatic hydroxyl groups excluding tert-OH is 2. The highest BCUT2D eigenvalue weighted by Gasteiger charge is 2.36. The Morgan fingerprint density at radius 3 is 1.92 bits per heavy atom. The third-order valence-electron chi connectivity index (χ3n) is 3.23. The van der Waals surface area contributed by atoms with E-state index in [1.807, 2.05) is 20.8 Å². The summed E-state index contributed by atoms with van der Waals surface area (Å²) in [6.45, 7) is 8.01. The minimum atomic E-state index is -0.390. The fraction of sp³-hybridized carbons (Fsp3) is 1.00. The van der Waals surface area contributed by atoms with Crippen LogP contribution >= 0.6 is 0 Å². The second-order valence-corrected chi connectivity index (χ2v) is 4.09. The molecule has 0 rings (SSSR count). The van der Waals surface area contributed by atoms with Crippen molar-refractivity contribution in [3.63, 3.8) is 0 Å². The monoisotopic (exact) mass is 188 g/mol. The van der Waals surface area contributed by atoms with Crippen LogP contribution in [0.25, 0.3) is 0 Å². The van der Waals surface area contributed by atoms with Gasteiger partial charge in [0, 0.05) is 5.41 Å². The van der Waals surface area contributed by atoms with Crippen molar-refractivity contribution >= 4 is 0 Å². The van der Waals surface area contributed by atoms with Gasteiger partial charge in [0.2, 0.25) is 0 Å². The number of hydrogen-bond acceptors (Lipinski definition) is 2. The number of aliphatic hydroxyl groups is 2. The summed E-state index contributed by atoms with van der Waals surface area (Å²) < 4.78 is 0. The third kappa shape index (κ3) is 2.96. The highest BCUT2D eigenvalue weighted by Crippen LogP contribution is 2.33. The Morgan fingerprint density at radius 1 is 1.08 bits per heavy atom.